The summed E-state index contributed by atoms with van der Waals surface area (Å²) in [4.78, 5) is 72.3. The second-order valence-corrected chi connectivity index (χ2v) is 10.2. The van der Waals surface area contributed by atoms with Crippen LogP contribution in [0, 0.1) is 0 Å². The Balaban J connectivity index is 2.76. The van der Waals surface area contributed by atoms with Crippen LogP contribution in [-0.4, -0.2) is 84.9 Å². The molecule has 1 heterocycles. The Morgan fingerprint density at radius 3 is 2.08 bits per heavy atom. The quantitative estimate of drug-likeness (QED) is 0.292. The van der Waals surface area contributed by atoms with Crippen molar-refractivity contribution >= 4 is 47.5 Å². The van der Waals surface area contributed by atoms with Gasteiger partial charge in [0, 0.05) is 45.9 Å². The molecule has 0 aromatic heterocycles. The normalized spacial score (nSPS) is 23.5. The smallest absolute Gasteiger partial charge is 0.349 e. The van der Waals surface area contributed by atoms with E-state index in [9.17, 15) is 28.8 Å². The van der Waals surface area contributed by atoms with E-state index in [1.807, 2.05) is 0 Å². The van der Waals surface area contributed by atoms with Gasteiger partial charge in [-0.05, 0) is 12.1 Å². The molecule has 1 aromatic carbocycles. The molecule has 0 bridgehead atoms. The number of carbonyl (C=O) groups excluding carboxylic acids is 6. The van der Waals surface area contributed by atoms with Gasteiger partial charge in [-0.3, -0.25) is 24.0 Å². The lowest BCUT2D eigenvalue weighted by atomic mass is 9.89. The summed E-state index contributed by atoms with van der Waals surface area (Å²) in [5.74, 6) is -4.54. The van der Waals surface area contributed by atoms with Gasteiger partial charge in [-0.2, -0.15) is 0 Å². The zero-order chi connectivity index (χ0) is 30.0. The van der Waals surface area contributed by atoms with Gasteiger partial charge in [-0.1, -0.05) is 30.0 Å². The molecule has 1 aliphatic rings. The van der Waals surface area contributed by atoms with Crippen LogP contribution in [0.15, 0.2) is 35.2 Å². The molecule has 6 atom stereocenters. The van der Waals surface area contributed by atoms with Gasteiger partial charge in [0.15, 0.2) is 12.2 Å². The lowest BCUT2D eigenvalue weighted by Gasteiger charge is -2.48. The first-order chi connectivity index (χ1) is 18.8. The fraction of sp³-hybridized carbons (Fsp3) is 0.538. The number of rotatable bonds is 11. The summed E-state index contributed by atoms with van der Waals surface area (Å²) < 4.78 is 32.9. The van der Waals surface area contributed by atoms with Gasteiger partial charge in [0.05, 0.1) is 13.2 Å². The van der Waals surface area contributed by atoms with Crippen LogP contribution in [-0.2, 0) is 57.2 Å². The monoisotopic (exact) mass is 583 g/mol. The molecule has 2 rings (SSSR count). The number of benzene rings is 1. The molecule has 0 saturated carbocycles. The highest BCUT2D eigenvalue weighted by atomic mass is 32.2. The molecule has 0 radical (unpaired) electrons. The van der Waals surface area contributed by atoms with Gasteiger partial charge < -0.3 is 33.7 Å². The molecule has 1 aliphatic heterocycles. The summed E-state index contributed by atoms with van der Waals surface area (Å²) in [6.45, 7) is 5.07. The van der Waals surface area contributed by atoms with E-state index in [2.05, 4.69) is 5.32 Å². The Bertz CT molecular complexity index is 1100. The van der Waals surface area contributed by atoms with Crippen LogP contribution in [0.1, 0.15) is 41.0 Å². The number of carbonyl (C=O) groups is 6. The number of hydrogen-bond acceptors (Lipinski definition) is 13. The van der Waals surface area contributed by atoms with Crippen molar-refractivity contribution < 1.29 is 57.2 Å². The highest BCUT2D eigenvalue weighted by Gasteiger charge is 2.58. The molecule has 220 valence electrons. The van der Waals surface area contributed by atoms with Crippen molar-refractivity contribution in [3.8, 4) is 0 Å². The van der Waals surface area contributed by atoms with Gasteiger partial charge in [0.1, 0.15) is 18.8 Å². The third kappa shape index (κ3) is 9.23. The minimum absolute atomic E-state index is 0.283. The number of esters is 5. The summed E-state index contributed by atoms with van der Waals surface area (Å²) >= 11 is 0.946. The minimum Gasteiger partial charge on any atom is -0.466 e. The number of methoxy groups -OCH3 is 1. The fourth-order valence-corrected chi connectivity index (χ4v) is 5.43. The Labute approximate surface area is 235 Å². The number of ether oxygens (including phenoxy) is 6. The van der Waals surface area contributed by atoms with Gasteiger partial charge in [-0.15, -0.1) is 0 Å². The van der Waals surface area contributed by atoms with E-state index in [0.29, 0.717) is 4.90 Å². The molecule has 13 nitrogen and oxygen atoms in total. The second-order valence-electron chi connectivity index (χ2n) is 8.84. The molecule has 1 amide bonds. The minimum atomic E-state index is -1.89. The summed E-state index contributed by atoms with van der Waals surface area (Å²) in [5, 5.41) is 2.63. The molecule has 1 saturated heterocycles. The number of hydrogen-bond donors (Lipinski definition) is 1. The van der Waals surface area contributed by atoms with Crippen molar-refractivity contribution in [2.24, 2.45) is 0 Å². The van der Waals surface area contributed by atoms with Gasteiger partial charge in [0.2, 0.25) is 10.8 Å². The van der Waals surface area contributed by atoms with E-state index < -0.39 is 77.8 Å². The molecule has 1 aromatic rings. The zero-order valence-corrected chi connectivity index (χ0v) is 23.8. The van der Waals surface area contributed by atoms with E-state index >= 15 is 0 Å². The average Bonchev–Trinajstić information content (AvgIpc) is 2.85. The van der Waals surface area contributed by atoms with Crippen molar-refractivity contribution in [3.63, 3.8) is 0 Å². The summed E-state index contributed by atoms with van der Waals surface area (Å²) in [6, 6.07) is 7.43. The molecular weight excluding hydrogens is 550 g/mol. The van der Waals surface area contributed by atoms with Gasteiger partial charge in [0.25, 0.3) is 0 Å². The van der Waals surface area contributed by atoms with Crippen LogP contribution < -0.4 is 5.32 Å². The fourth-order valence-electron chi connectivity index (χ4n) is 4.18. The highest BCUT2D eigenvalue weighted by Crippen LogP contribution is 2.45. The van der Waals surface area contributed by atoms with Crippen LogP contribution in [0.25, 0.3) is 0 Å². The second kappa shape index (κ2) is 14.7. The highest BCUT2D eigenvalue weighted by molar-refractivity contribution is 8.01. The van der Waals surface area contributed by atoms with Crippen molar-refractivity contribution in [2.45, 2.75) is 81.3 Å². The lowest BCUT2D eigenvalue weighted by Crippen LogP contribution is -2.68. The molecular formula is C26H33NO12S. The number of nitrogens with one attached hydrogen (secondary N) is 1. The summed E-state index contributed by atoms with van der Waals surface area (Å²) in [5.41, 5.74) is 0. The van der Waals surface area contributed by atoms with Crippen LogP contribution in [0.4, 0.5) is 0 Å². The van der Waals surface area contributed by atoms with E-state index in [-0.39, 0.29) is 6.42 Å². The van der Waals surface area contributed by atoms with Gasteiger partial charge in [-0.25, -0.2) is 4.79 Å². The Morgan fingerprint density at radius 2 is 1.57 bits per heavy atom. The van der Waals surface area contributed by atoms with Crippen LogP contribution in [0.5, 0.6) is 0 Å². The van der Waals surface area contributed by atoms with E-state index in [1.165, 1.54) is 6.92 Å². The summed E-state index contributed by atoms with van der Waals surface area (Å²) in [7, 11) is 1.14. The zero-order valence-electron chi connectivity index (χ0n) is 23.0. The molecule has 1 unspecified atom stereocenters. The molecule has 0 aliphatic carbocycles. The molecule has 1 N–H and O–H groups in total. The van der Waals surface area contributed by atoms with Crippen LogP contribution in [0.2, 0.25) is 0 Å². The SMILES string of the molecule is COC(=O)C1(Sc2ccccc2)C[C@H](OC(C)=O)[C@@H](NC(C)=O)[C@H]([C@H](OC(C)=O)[C@@H](COC(C)=O)OC(C)=O)O1. The number of thioether (sulfide) groups is 1. The Hall–Kier alpha value is -3.65. The first-order valence-electron chi connectivity index (χ1n) is 12.2. The standard InChI is InChI=1S/C26H33NO12S/c1-14(28)27-22-20(36-16(3)30)12-26(25(33)34-6,40-19-10-8-7-9-11-19)39-24(22)23(38-18(5)32)21(37-17(4)31)13-35-15(2)29/h7-11,20-24H,12-13H2,1-6H3,(H,27,28)/t20-,21+,22+,23+,24+,26?/m0/s1. The lowest BCUT2D eigenvalue weighted by molar-refractivity contribution is -0.224. The average molecular weight is 584 g/mol. The van der Waals surface area contributed by atoms with E-state index in [1.54, 1.807) is 30.3 Å². The predicted molar refractivity (Wildman–Crippen MR) is 137 cm³/mol. The van der Waals surface area contributed by atoms with E-state index in [4.69, 9.17) is 28.4 Å². The Morgan fingerprint density at radius 1 is 0.950 bits per heavy atom. The van der Waals surface area contributed by atoms with Crippen molar-refractivity contribution in [2.75, 3.05) is 13.7 Å². The summed E-state index contributed by atoms with van der Waals surface area (Å²) in [6.07, 6.45) is -5.98. The Kier molecular flexibility index (Phi) is 11.9. The van der Waals surface area contributed by atoms with Crippen molar-refractivity contribution in [3.05, 3.63) is 30.3 Å². The molecule has 14 heteroatoms. The predicted octanol–water partition coefficient (Wildman–Crippen LogP) is 1.30. The van der Waals surface area contributed by atoms with Crippen LogP contribution in [0.3, 0.4) is 0 Å². The molecule has 1 fully saturated rings. The van der Waals surface area contributed by atoms with Crippen molar-refractivity contribution in [1.29, 1.82) is 0 Å². The van der Waals surface area contributed by atoms with E-state index in [0.717, 1.165) is 46.6 Å². The maximum Gasteiger partial charge on any atom is 0.349 e. The van der Waals surface area contributed by atoms with Crippen molar-refractivity contribution in [1.82, 2.24) is 5.32 Å². The largest absolute Gasteiger partial charge is 0.466 e. The maximum absolute atomic E-state index is 13.3. The van der Waals surface area contributed by atoms with Crippen LogP contribution >= 0.6 is 11.8 Å². The molecule has 0 spiro atoms. The first kappa shape index (κ1) is 32.6. The molecule has 40 heavy (non-hydrogen) atoms. The van der Waals surface area contributed by atoms with Gasteiger partial charge >= 0.3 is 29.8 Å². The number of amides is 1. The topological polar surface area (TPSA) is 170 Å². The third-order valence-electron chi connectivity index (χ3n) is 5.52. The first-order valence-corrected chi connectivity index (χ1v) is 13.0. The third-order valence-corrected chi connectivity index (χ3v) is 6.79. The maximum atomic E-state index is 13.3.